The number of carbonyl (C=O) groups is 1. The molecule has 0 spiro atoms. The summed E-state index contributed by atoms with van der Waals surface area (Å²) >= 11 is 0. The molecule has 2 N–H and O–H groups in total. The highest BCUT2D eigenvalue weighted by Crippen LogP contribution is 2.03. The number of nitrogens with one attached hydrogen (secondary N) is 2. The van der Waals surface area contributed by atoms with E-state index in [-0.39, 0.29) is 23.6 Å². The van der Waals surface area contributed by atoms with Gasteiger partial charge in [-0.2, -0.15) is 0 Å². The van der Waals surface area contributed by atoms with Gasteiger partial charge in [-0.15, -0.1) is 0 Å². The van der Waals surface area contributed by atoms with Crippen LogP contribution in [0.25, 0.3) is 10.8 Å². The number of benzene rings is 1. The predicted molar refractivity (Wildman–Crippen MR) is 98.8 cm³/mol. The molecular weight excluding hydrogens is 320 g/mol. The zero-order chi connectivity index (χ0) is 18.6. The van der Waals surface area contributed by atoms with Crippen molar-refractivity contribution in [1.29, 1.82) is 0 Å². The summed E-state index contributed by atoms with van der Waals surface area (Å²) in [6.45, 7) is 9.46. The highest BCUT2D eigenvalue weighted by Gasteiger charge is 2.14. The van der Waals surface area contributed by atoms with Crippen molar-refractivity contribution in [2.24, 2.45) is 0 Å². The second-order valence-corrected chi connectivity index (χ2v) is 6.65. The molecule has 136 valence electrons. The molecule has 0 bridgehead atoms. The normalized spacial score (nSPS) is 11.6. The van der Waals surface area contributed by atoms with Gasteiger partial charge in [-0.25, -0.2) is 4.68 Å². The van der Waals surface area contributed by atoms with E-state index < -0.39 is 0 Å². The van der Waals surface area contributed by atoms with Crippen LogP contribution in [0.15, 0.2) is 33.9 Å². The van der Waals surface area contributed by atoms with Crippen LogP contribution in [0.2, 0.25) is 0 Å². The van der Waals surface area contributed by atoms with E-state index in [4.69, 9.17) is 0 Å². The Morgan fingerprint density at radius 2 is 1.72 bits per heavy atom. The number of aromatic amines is 1. The minimum absolute atomic E-state index is 0.206. The van der Waals surface area contributed by atoms with Gasteiger partial charge in [0, 0.05) is 25.2 Å². The van der Waals surface area contributed by atoms with E-state index in [1.807, 2.05) is 0 Å². The van der Waals surface area contributed by atoms with Crippen molar-refractivity contribution in [3.63, 3.8) is 0 Å². The van der Waals surface area contributed by atoms with Crippen LogP contribution in [0.3, 0.4) is 0 Å². The van der Waals surface area contributed by atoms with E-state index in [0.29, 0.717) is 29.4 Å². The van der Waals surface area contributed by atoms with Gasteiger partial charge in [-0.1, -0.05) is 12.1 Å². The van der Waals surface area contributed by atoms with Crippen molar-refractivity contribution >= 4 is 16.7 Å². The lowest BCUT2D eigenvalue weighted by molar-refractivity contribution is -0.122. The maximum absolute atomic E-state index is 12.4. The van der Waals surface area contributed by atoms with Crippen LogP contribution in [-0.2, 0) is 11.3 Å². The largest absolute Gasteiger partial charge is 0.353 e. The smallest absolute Gasteiger partial charge is 0.273 e. The molecule has 0 saturated carbocycles. The number of hydrogen-bond acceptors (Lipinski definition) is 4. The number of hydrogen-bond donors (Lipinski definition) is 2. The summed E-state index contributed by atoms with van der Waals surface area (Å²) in [4.78, 5) is 38.8. The molecule has 0 aliphatic rings. The summed E-state index contributed by atoms with van der Waals surface area (Å²) in [6.07, 6.45) is 0. The Balaban J connectivity index is 2.04. The SMILES string of the molecule is CC(C)N(CCNC(=O)Cn1[nH]c(=O)c2ccccc2c1=O)C(C)C. The van der Waals surface area contributed by atoms with Gasteiger partial charge in [0.05, 0.1) is 10.8 Å². The molecule has 1 amide bonds. The molecule has 0 atom stereocenters. The van der Waals surface area contributed by atoms with Gasteiger partial charge in [0.15, 0.2) is 0 Å². The van der Waals surface area contributed by atoms with Crippen molar-refractivity contribution in [3.8, 4) is 0 Å². The lowest BCUT2D eigenvalue weighted by Crippen LogP contribution is -2.43. The zero-order valence-electron chi connectivity index (χ0n) is 15.2. The third kappa shape index (κ3) is 4.57. The molecule has 0 aliphatic carbocycles. The Morgan fingerprint density at radius 3 is 2.32 bits per heavy atom. The van der Waals surface area contributed by atoms with Gasteiger partial charge < -0.3 is 5.32 Å². The minimum Gasteiger partial charge on any atom is -0.353 e. The van der Waals surface area contributed by atoms with Crippen molar-refractivity contribution in [3.05, 3.63) is 45.0 Å². The Kier molecular flexibility index (Phi) is 6.14. The van der Waals surface area contributed by atoms with Gasteiger partial charge in [0.2, 0.25) is 5.91 Å². The average Bonchev–Trinajstić information content (AvgIpc) is 2.55. The molecule has 0 aliphatic heterocycles. The van der Waals surface area contributed by atoms with Crippen LogP contribution in [0.4, 0.5) is 0 Å². The van der Waals surface area contributed by atoms with E-state index in [1.165, 1.54) is 0 Å². The number of amides is 1. The van der Waals surface area contributed by atoms with Crippen LogP contribution >= 0.6 is 0 Å². The first-order valence-corrected chi connectivity index (χ1v) is 8.55. The maximum atomic E-state index is 12.4. The second-order valence-electron chi connectivity index (χ2n) is 6.65. The molecule has 1 aromatic heterocycles. The molecule has 0 unspecified atom stereocenters. The number of carbonyl (C=O) groups excluding carboxylic acids is 1. The molecule has 2 rings (SSSR count). The molecule has 1 heterocycles. The van der Waals surface area contributed by atoms with Gasteiger partial charge in [-0.3, -0.25) is 24.4 Å². The van der Waals surface area contributed by atoms with Crippen LogP contribution in [0.1, 0.15) is 27.7 Å². The lowest BCUT2D eigenvalue weighted by Gasteiger charge is -2.30. The van der Waals surface area contributed by atoms with E-state index >= 15 is 0 Å². The molecule has 1 aromatic carbocycles. The van der Waals surface area contributed by atoms with Crippen molar-refractivity contribution < 1.29 is 4.79 Å². The highest BCUT2D eigenvalue weighted by atomic mass is 16.2. The minimum atomic E-state index is -0.381. The number of H-pyrrole nitrogens is 1. The van der Waals surface area contributed by atoms with Gasteiger partial charge >= 0.3 is 0 Å². The molecule has 7 nitrogen and oxygen atoms in total. The van der Waals surface area contributed by atoms with Crippen molar-refractivity contribution in [2.45, 2.75) is 46.3 Å². The molecule has 0 radical (unpaired) electrons. The van der Waals surface area contributed by atoms with E-state index in [2.05, 4.69) is 43.0 Å². The standard InChI is InChI=1S/C18H26N4O3/c1-12(2)21(13(3)4)10-9-19-16(23)11-22-18(25)15-8-6-5-7-14(15)17(24)20-22/h5-8,12-13H,9-11H2,1-4H3,(H,19,23)(H,20,24). The van der Waals surface area contributed by atoms with Crippen LogP contribution in [-0.4, -0.2) is 45.8 Å². The first-order chi connectivity index (χ1) is 11.8. The summed E-state index contributed by atoms with van der Waals surface area (Å²) < 4.78 is 1.06. The monoisotopic (exact) mass is 346 g/mol. The fourth-order valence-electron chi connectivity index (χ4n) is 2.99. The third-order valence-corrected chi connectivity index (χ3v) is 4.20. The Hall–Kier alpha value is -2.41. The number of aromatic nitrogens is 2. The summed E-state index contributed by atoms with van der Waals surface area (Å²) in [7, 11) is 0. The Morgan fingerprint density at radius 1 is 1.12 bits per heavy atom. The van der Waals surface area contributed by atoms with E-state index in [9.17, 15) is 14.4 Å². The van der Waals surface area contributed by atoms with E-state index in [1.54, 1.807) is 24.3 Å². The molecule has 0 fully saturated rings. The zero-order valence-corrected chi connectivity index (χ0v) is 15.2. The van der Waals surface area contributed by atoms with Crippen LogP contribution in [0.5, 0.6) is 0 Å². The topological polar surface area (TPSA) is 87.2 Å². The van der Waals surface area contributed by atoms with Crippen molar-refractivity contribution in [1.82, 2.24) is 20.0 Å². The van der Waals surface area contributed by atoms with Gasteiger partial charge in [-0.05, 0) is 39.8 Å². The summed E-state index contributed by atoms with van der Waals surface area (Å²) in [5.41, 5.74) is -0.759. The lowest BCUT2D eigenvalue weighted by atomic mass is 10.2. The number of nitrogens with zero attached hydrogens (tertiary/aromatic N) is 2. The second kappa shape index (κ2) is 8.11. The first kappa shape index (κ1) is 18.9. The van der Waals surface area contributed by atoms with Crippen LogP contribution < -0.4 is 16.4 Å². The van der Waals surface area contributed by atoms with Crippen LogP contribution in [0, 0.1) is 0 Å². The first-order valence-electron chi connectivity index (χ1n) is 8.55. The van der Waals surface area contributed by atoms with Crippen molar-refractivity contribution in [2.75, 3.05) is 13.1 Å². The maximum Gasteiger partial charge on any atom is 0.273 e. The number of fused-ring (bicyclic) bond motifs is 1. The average molecular weight is 346 g/mol. The third-order valence-electron chi connectivity index (χ3n) is 4.20. The summed E-state index contributed by atoms with van der Waals surface area (Å²) in [6, 6.07) is 7.34. The quantitative estimate of drug-likeness (QED) is 0.781. The van der Waals surface area contributed by atoms with Gasteiger partial charge in [0.25, 0.3) is 11.1 Å². The fraction of sp³-hybridized carbons (Fsp3) is 0.500. The summed E-state index contributed by atoms with van der Waals surface area (Å²) in [5.74, 6) is -0.305. The summed E-state index contributed by atoms with van der Waals surface area (Å²) in [5, 5.41) is 5.90. The Labute approximate surface area is 146 Å². The van der Waals surface area contributed by atoms with Gasteiger partial charge in [0.1, 0.15) is 6.54 Å². The molecule has 0 saturated heterocycles. The highest BCUT2D eigenvalue weighted by molar-refractivity contribution is 5.81. The molecule has 25 heavy (non-hydrogen) atoms. The molecule has 7 heteroatoms. The number of rotatable bonds is 7. The molecular formula is C18H26N4O3. The fourth-order valence-corrected chi connectivity index (χ4v) is 2.99. The molecule has 2 aromatic rings. The Bertz CT molecular complexity index is 843. The predicted octanol–water partition coefficient (Wildman–Crippen LogP) is 0.925. The van der Waals surface area contributed by atoms with E-state index in [0.717, 1.165) is 11.2 Å².